The molecule has 112 valence electrons. The number of benzene rings is 2. The van der Waals surface area contributed by atoms with Crippen molar-refractivity contribution in [3.05, 3.63) is 48.3 Å². The van der Waals surface area contributed by atoms with Crippen molar-refractivity contribution in [2.75, 3.05) is 5.73 Å². The zero-order chi connectivity index (χ0) is 15.9. The van der Waals surface area contributed by atoms with Crippen LogP contribution in [0.1, 0.15) is 13.0 Å². The molecule has 3 rings (SSSR count). The Morgan fingerprint density at radius 1 is 1.32 bits per heavy atom. The second kappa shape index (κ2) is 5.14. The van der Waals surface area contributed by atoms with Gasteiger partial charge in [-0.1, -0.05) is 18.2 Å². The van der Waals surface area contributed by atoms with Gasteiger partial charge in [0.05, 0.1) is 11.2 Å². The molecule has 22 heavy (non-hydrogen) atoms. The van der Waals surface area contributed by atoms with Crippen molar-refractivity contribution in [3.63, 3.8) is 0 Å². The molecule has 5 nitrogen and oxygen atoms in total. The fourth-order valence-corrected chi connectivity index (χ4v) is 2.47. The molecule has 0 aliphatic heterocycles. The third kappa shape index (κ3) is 2.18. The van der Waals surface area contributed by atoms with E-state index in [4.69, 9.17) is 5.73 Å². The highest BCUT2D eigenvalue weighted by Gasteiger charge is 2.22. The topological polar surface area (TPSA) is 81.1 Å². The molecule has 0 radical (unpaired) electrons. The number of imidazole rings is 1. The van der Waals surface area contributed by atoms with Gasteiger partial charge in [0.25, 0.3) is 0 Å². The van der Waals surface area contributed by atoms with Crippen LogP contribution >= 0.6 is 0 Å². The van der Waals surface area contributed by atoms with E-state index in [1.807, 2.05) is 0 Å². The van der Waals surface area contributed by atoms with E-state index < -0.39 is 17.8 Å². The third-order valence-electron chi connectivity index (χ3n) is 3.58. The number of nitrogen functional groups attached to an aromatic ring is 1. The molecule has 0 saturated carbocycles. The van der Waals surface area contributed by atoms with Gasteiger partial charge in [-0.25, -0.2) is 14.2 Å². The first kappa shape index (κ1) is 14.1. The summed E-state index contributed by atoms with van der Waals surface area (Å²) in [6, 6.07) is 10.2. The van der Waals surface area contributed by atoms with Crippen LogP contribution in [0.3, 0.4) is 0 Å². The van der Waals surface area contributed by atoms with Crippen molar-refractivity contribution in [1.82, 2.24) is 9.55 Å². The van der Waals surface area contributed by atoms with Gasteiger partial charge in [0.1, 0.15) is 23.2 Å². The summed E-state index contributed by atoms with van der Waals surface area (Å²) in [5.41, 5.74) is 7.99. The predicted octanol–water partition coefficient (Wildman–Crippen LogP) is 3.07. The number of nitrogens with zero attached hydrogens (tertiary/aromatic N) is 2. The van der Waals surface area contributed by atoms with Gasteiger partial charge < -0.3 is 15.4 Å². The Balaban J connectivity index is 2.36. The Hall–Kier alpha value is -2.89. The highest BCUT2D eigenvalue weighted by atomic mass is 19.1. The van der Waals surface area contributed by atoms with Crippen molar-refractivity contribution in [2.24, 2.45) is 0 Å². The minimum atomic E-state index is -1.00. The fraction of sp³-hybridized carbons (Fsp3) is 0.125. The summed E-state index contributed by atoms with van der Waals surface area (Å²) < 4.78 is 15.1. The second-order valence-electron chi connectivity index (χ2n) is 5.04. The SMILES string of the molecule is CC(C(=O)O)n1c(-c2cccc(F)c2)nc2c(N)cccc21. The number of para-hydroxylation sites is 1. The van der Waals surface area contributed by atoms with Crippen LogP contribution in [0.4, 0.5) is 10.1 Å². The maximum atomic E-state index is 13.5. The molecule has 0 bridgehead atoms. The number of carboxylic acids is 1. The van der Waals surface area contributed by atoms with E-state index in [1.54, 1.807) is 41.8 Å². The number of hydrogen-bond acceptors (Lipinski definition) is 3. The number of halogens is 1. The number of nitrogens with two attached hydrogens (primary N) is 1. The van der Waals surface area contributed by atoms with E-state index >= 15 is 0 Å². The van der Waals surface area contributed by atoms with Crippen molar-refractivity contribution in [3.8, 4) is 11.4 Å². The van der Waals surface area contributed by atoms with E-state index in [2.05, 4.69) is 4.98 Å². The maximum absolute atomic E-state index is 13.5. The van der Waals surface area contributed by atoms with E-state index in [0.29, 0.717) is 28.1 Å². The molecule has 1 heterocycles. The standard InChI is InChI=1S/C16H14FN3O2/c1-9(16(21)22)20-13-7-3-6-12(18)14(13)19-15(20)10-4-2-5-11(17)8-10/h2-9H,18H2,1H3,(H,21,22). The summed E-state index contributed by atoms with van der Waals surface area (Å²) in [6.45, 7) is 1.55. The minimum absolute atomic E-state index is 0.377. The van der Waals surface area contributed by atoms with Gasteiger partial charge >= 0.3 is 5.97 Å². The first-order chi connectivity index (χ1) is 10.5. The number of rotatable bonds is 3. The number of carboxylic acid groups (broad SMARTS) is 1. The Labute approximate surface area is 125 Å². The largest absolute Gasteiger partial charge is 0.480 e. The van der Waals surface area contributed by atoms with Crippen molar-refractivity contribution in [1.29, 1.82) is 0 Å². The lowest BCUT2D eigenvalue weighted by Crippen LogP contribution is -2.16. The molecule has 1 aromatic heterocycles. The van der Waals surface area contributed by atoms with Crippen LogP contribution in [0.2, 0.25) is 0 Å². The molecule has 0 spiro atoms. The van der Waals surface area contributed by atoms with Crippen LogP contribution < -0.4 is 5.73 Å². The van der Waals surface area contributed by atoms with Crippen LogP contribution in [0.5, 0.6) is 0 Å². The van der Waals surface area contributed by atoms with E-state index in [0.717, 1.165) is 0 Å². The predicted molar refractivity (Wildman–Crippen MR) is 81.9 cm³/mol. The van der Waals surface area contributed by atoms with Gasteiger partial charge in [0.15, 0.2) is 0 Å². The zero-order valence-electron chi connectivity index (χ0n) is 11.8. The van der Waals surface area contributed by atoms with E-state index in [1.165, 1.54) is 12.1 Å². The maximum Gasteiger partial charge on any atom is 0.326 e. The molecule has 0 fully saturated rings. The second-order valence-corrected chi connectivity index (χ2v) is 5.04. The molecular weight excluding hydrogens is 285 g/mol. The summed E-state index contributed by atoms with van der Waals surface area (Å²) in [6.07, 6.45) is 0. The van der Waals surface area contributed by atoms with E-state index in [-0.39, 0.29) is 0 Å². The Bertz CT molecular complexity index is 873. The van der Waals surface area contributed by atoms with Crippen molar-refractivity contribution >= 4 is 22.7 Å². The lowest BCUT2D eigenvalue weighted by atomic mass is 10.2. The molecule has 0 saturated heterocycles. The van der Waals surface area contributed by atoms with Gasteiger partial charge in [-0.2, -0.15) is 0 Å². The summed E-state index contributed by atoms with van der Waals surface area (Å²) in [5, 5.41) is 9.35. The van der Waals surface area contributed by atoms with Crippen molar-refractivity contribution in [2.45, 2.75) is 13.0 Å². The van der Waals surface area contributed by atoms with Gasteiger partial charge in [-0.15, -0.1) is 0 Å². The van der Waals surface area contributed by atoms with Crippen LogP contribution in [-0.4, -0.2) is 20.6 Å². The van der Waals surface area contributed by atoms with Gasteiger partial charge in [-0.05, 0) is 31.2 Å². The van der Waals surface area contributed by atoms with Crippen LogP contribution in [0.25, 0.3) is 22.4 Å². The Kier molecular flexibility index (Phi) is 3.29. The monoisotopic (exact) mass is 299 g/mol. The van der Waals surface area contributed by atoms with Gasteiger partial charge in [-0.3, -0.25) is 0 Å². The van der Waals surface area contributed by atoms with Gasteiger partial charge in [0, 0.05) is 5.56 Å². The van der Waals surface area contributed by atoms with Crippen molar-refractivity contribution < 1.29 is 14.3 Å². The average Bonchev–Trinajstić information content (AvgIpc) is 2.87. The van der Waals surface area contributed by atoms with Gasteiger partial charge in [0.2, 0.25) is 0 Å². The Morgan fingerprint density at radius 3 is 2.73 bits per heavy atom. The molecule has 2 aromatic carbocycles. The first-order valence-corrected chi connectivity index (χ1v) is 6.74. The molecule has 3 aromatic rings. The molecule has 0 aliphatic carbocycles. The first-order valence-electron chi connectivity index (χ1n) is 6.74. The molecule has 0 aliphatic rings. The third-order valence-corrected chi connectivity index (χ3v) is 3.58. The molecule has 3 N–H and O–H groups in total. The summed E-state index contributed by atoms with van der Waals surface area (Å²) >= 11 is 0. The van der Waals surface area contributed by atoms with Crippen LogP contribution in [-0.2, 0) is 4.79 Å². The highest BCUT2D eigenvalue weighted by molar-refractivity contribution is 5.91. The lowest BCUT2D eigenvalue weighted by Gasteiger charge is -2.13. The molecule has 6 heteroatoms. The van der Waals surface area contributed by atoms with E-state index in [9.17, 15) is 14.3 Å². The summed E-state index contributed by atoms with van der Waals surface area (Å²) in [5.74, 6) is -1.03. The summed E-state index contributed by atoms with van der Waals surface area (Å²) in [4.78, 5) is 15.9. The van der Waals surface area contributed by atoms with Crippen LogP contribution in [0, 0.1) is 5.82 Å². The average molecular weight is 299 g/mol. The Morgan fingerprint density at radius 2 is 2.05 bits per heavy atom. The zero-order valence-corrected chi connectivity index (χ0v) is 11.8. The number of fused-ring (bicyclic) bond motifs is 1. The molecule has 1 unspecified atom stereocenters. The highest BCUT2D eigenvalue weighted by Crippen LogP contribution is 2.31. The minimum Gasteiger partial charge on any atom is -0.480 e. The fourth-order valence-electron chi connectivity index (χ4n) is 2.47. The summed E-state index contributed by atoms with van der Waals surface area (Å²) in [7, 11) is 0. The molecule has 0 amide bonds. The lowest BCUT2D eigenvalue weighted by molar-refractivity contribution is -0.140. The molecule has 1 atom stereocenters. The van der Waals surface area contributed by atoms with Crippen LogP contribution in [0.15, 0.2) is 42.5 Å². The number of hydrogen-bond donors (Lipinski definition) is 2. The smallest absolute Gasteiger partial charge is 0.326 e. The normalized spacial score (nSPS) is 12.5. The number of anilines is 1. The number of carbonyl (C=O) groups is 1. The molecular formula is C16H14FN3O2. The number of aromatic nitrogens is 2. The number of aliphatic carboxylic acids is 1. The quantitative estimate of drug-likeness (QED) is 0.728.